The molecule has 3 N–H and O–H groups in total. The van der Waals surface area contributed by atoms with Crippen LogP contribution < -0.4 is 15.4 Å². The molecular formula is C28H44N4O4. The molecule has 0 unspecified atom stereocenters. The van der Waals surface area contributed by atoms with Gasteiger partial charge in [-0.2, -0.15) is 0 Å². The molecule has 3 aliphatic rings. The number of amides is 3. The first-order chi connectivity index (χ1) is 17.3. The number of nitrogens with zero attached hydrogens (tertiary/aromatic N) is 2. The van der Waals surface area contributed by atoms with E-state index in [4.69, 9.17) is 4.74 Å². The van der Waals surface area contributed by atoms with E-state index in [0.29, 0.717) is 18.0 Å². The lowest BCUT2D eigenvalue weighted by Gasteiger charge is -2.34. The monoisotopic (exact) mass is 500 g/mol. The first-order valence-electron chi connectivity index (χ1n) is 13.8. The van der Waals surface area contributed by atoms with E-state index in [1.807, 2.05) is 25.1 Å². The molecule has 3 amide bonds. The quantitative estimate of drug-likeness (QED) is 0.507. The van der Waals surface area contributed by atoms with Gasteiger partial charge in [0.05, 0.1) is 19.1 Å². The Bertz CT molecular complexity index is 900. The number of fused-ring (bicyclic) bond motifs is 1. The Morgan fingerprint density at radius 1 is 1.19 bits per heavy atom. The Hall–Kier alpha value is -2.32. The van der Waals surface area contributed by atoms with Crippen molar-refractivity contribution in [2.75, 3.05) is 38.6 Å². The van der Waals surface area contributed by atoms with Crippen LogP contribution in [0.25, 0.3) is 0 Å². The van der Waals surface area contributed by atoms with Gasteiger partial charge in [-0.1, -0.05) is 26.2 Å². The van der Waals surface area contributed by atoms with Gasteiger partial charge in [0.1, 0.15) is 11.9 Å². The fraction of sp³-hybridized carbons (Fsp3) is 0.714. The second kappa shape index (κ2) is 12.3. The van der Waals surface area contributed by atoms with Crippen molar-refractivity contribution < 1.29 is 19.4 Å². The summed E-state index contributed by atoms with van der Waals surface area (Å²) in [5.74, 6) is 1.53. The molecule has 0 aromatic heterocycles. The van der Waals surface area contributed by atoms with Crippen LogP contribution in [0.1, 0.15) is 64.4 Å². The molecule has 0 radical (unpaired) electrons. The van der Waals surface area contributed by atoms with Crippen LogP contribution >= 0.6 is 0 Å². The number of carbonyl (C=O) groups excluding carboxylic acids is 2. The highest BCUT2D eigenvalue weighted by molar-refractivity contribution is 5.90. The minimum absolute atomic E-state index is 0.0379. The van der Waals surface area contributed by atoms with E-state index in [2.05, 4.69) is 29.5 Å². The molecule has 0 saturated heterocycles. The lowest BCUT2D eigenvalue weighted by Crippen LogP contribution is -2.47. The van der Waals surface area contributed by atoms with Crippen molar-refractivity contribution in [2.45, 2.75) is 83.4 Å². The lowest BCUT2D eigenvalue weighted by atomic mass is 9.96. The Morgan fingerprint density at radius 3 is 2.64 bits per heavy atom. The number of likely N-dealkylation sites (N-methyl/N-ethyl adjacent to an activating group) is 1. The SMILES string of the molecule is C[C@H](CO)N1C[C@H](C)[C@@H](CN(C)CC2CC2)Oc2ccc(NC(=O)NC3CCCCC3)cc2CC1=O. The third-order valence-corrected chi connectivity index (χ3v) is 7.87. The van der Waals surface area contributed by atoms with E-state index in [0.717, 1.165) is 50.3 Å². The minimum atomic E-state index is -0.270. The summed E-state index contributed by atoms with van der Waals surface area (Å²) in [6, 6.07) is 5.33. The second-order valence-electron chi connectivity index (χ2n) is 11.3. The summed E-state index contributed by atoms with van der Waals surface area (Å²) < 4.78 is 6.58. The van der Waals surface area contributed by atoms with Crippen molar-refractivity contribution in [3.8, 4) is 5.75 Å². The van der Waals surface area contributed by atoms with Gasteiger partial charge in [0.25, 0.3) is 0 Å². The van der Waals surface area contributed by atoms with Crippen LogP contribution in [0.15, 0.2) is 18.2 Å². The zero-order valence-electron chi connectivity index (χ0n) is 22.2. The second-order valence-corrected chi connectivity index (χ2v) is 11.3. The lowest BCUT2D eigenvalue weighted by molar-refractivity contribution is -0.134. The standard InChI is InChI=1S/C28H44N4O4/c1-19-15-32(20(2)18-33)27(34)14-22-13-24(30-28(35)29-23-7-5-4-6-8-23)11-12-25(22)36-26(19)17-31(3)16-21-9-10-21/h11-13,19-21,23,26,33H,4-10,14-18H2,1-3H3,(H2,29,30,35)/t19-,20+,26+/m0/s1. The maximum atomic E-state index is 13.4. The van der Waals surface area contributed by atoms with Crippen molar-refractivity contribution in [1.29, 1.82) is 0 Å². The summed E-state index contributed by atoms with van der Waals surface area (Å²) in [4.78, 5) is 30.1. The summed E-state index contributed by atoms with van der Waals surface area (Å²) >= 11 is 0. The number of rotatable bonds is 8. The maximum Gasteiger partial charge on any atom is 0.319 e. The van der Waals surface area contributed by atoms with Gasteiger partial charge >= 0.3 is 6.03 Å². The highest BCUT2D eigenvalue weighted by Crippen LogP contribution is 2.31. The Labute approximate surface area is 215 Å². The summed E-state index contributed by atoms with van der Waals surface area (Å²) in [5.41, 5.74) is 1.41. The summed E-state index contributed by atoms with van der Waals surface area (Å²) in [6.07, 6.45) is 8.25. The highest BCUT2D eigenvalue weighted by Gasteiger charge is 2.32. The van der Waals surface area contributed by atoms with Crippen molar-refractivity contribution in [3.63, 3.8) is 0 Å². The summed E-state index contributed by atoms with van der Waals surface area (Å²) in [7, 11) is 2.14. The maximum absolute atomic E-state index is 13.4. The van der Waals surface area contributed by atoms with Crippen molar-refractivity contribution in [2.24, 2.45) is 11.8 Å². The number of carbonyl (C=O) groups is 2. The van der Waals surface area contributed by atoms with Crippen LogP contribution in [-0.2, 0) is 11.2 Å². The number of nitrogens with one attached hydrogen (secondary N) is 2. The molecule has 1 aromatic carbocycles. The molecule has 1 aliphatic heterocycles. The first kappa shape index (κ1) is 26.7. The normalized spacial score (nSPS) is 24.2. The number of ether oxygens (including phenoxy) is 1. The van der Waals surface area contributed by atoms with Crippen molar-refractivity contribution >= 4 is 17.6 Å². The van der Waals surface area contributed by atoms with Crippen LogP contribution in [0, 0.1) is 11.8 Å². The van der Waals surface area contributed by atoms with E-state index >= 15 is 0 Å². The Balaban J connectivity index is 1.52. The molecule has 8 heteroatoms. The van der Waals surface area contributed by atoms with Crippen LogP contribution in [0.5, 0.6) is 5.75 Å². The van der Waals surface area contributed by atoms with Gasteiger partial charge in [-0.25, -0.2) is 4.79 Å². The van der Waals surface area contributed by atoms with Gasteiger partial charge in [-0.05, 0) is 63.8 Å². The van der Waals surface area contributed by atoms with E-state index < -0.39 is 0 Å². The molecule has 2 fully saturated rings. The number of anilines is 1. The number of aliphatic hydroxyl groups excluding tert-OH is 1. The average Bonchev–Trinajstić information content (AvgIpc) is 3.66. The Kier molecular flexibility index (Phi) is 9.12. The Morgan fingerprint density at radius 2 is 1.94 bits per heavy atom. The fourth-order valence-electron chi connectivity index (χ4n) is 5.45. The predicted molar refractivity (Wildman–Crippen MR) is 141 cm³/mol. The number of hydrogen-bond donors (Lipinski definition) is 3. The van der Waals surface area contributed by atoms with Gasteiger partial charge in [0.2, 0.25) is 5.91 Å². The third kappa shape index (κ3) is 7.35. The molecule has 8 nitrogen and oxygen atoms in total. The molecule has 2 saturated carbocycles. The zero-order chi connectivity index (χ0) is 25.7. The van der Waals surface area contributed by atoms with E-state index in [1.54, 1.807) is 4.90 Å². The summed E-state index contributed by atoms with van der Waals surface area (Å²) in [6.45, 7) is 6.29. The van der Waals surface area contributed by atoms with E-state index in [-0.39, 0.29) is 49.1 Å². The molecule has 36 heavy (non-hydrogen) atoms. The molecule has 1 heterocycles. The van der Waals surface area contributed by atoms with Gasteiger partial charge in [0.15, 0.2) is 0 Å². The molecule has 4 rings (SSSR count). The van der Waals surface area contributed by atoms with Gasteiger partial charge in [0, 0.05) is 42.8 Å². The minimum Gasteiger partial charge on any atom is -0.488 e. The van der Waals surface area contributed by atoms with Crippen molar-refractivity contribution in [3.05, 3.63) is 23.8 Å². The van der Waals surface area contributed by atoms with E-state index in [9.17, 15) is 14.7 Å². The number of benzene rings is 1. The average molecular weight is 501 g/mol. The molecule has 0 bridgehead atoms. The van der Waals surface area contributed by atoms with Crippen LogP contribution in [0.4, 0.5) is 10.5 Å². The number of aliphatic hydroxyl groups is 1. The molecular weight excluding hydrogens is 456 g/mol. The smallest absolute Gasteiger partial charge is 0.319 e. The van der Waals surface area contributed by atoms with Gasteiger partial charge in [-0.15, -0.1) is 0 Å². The number of urea groups is 1. The van der Waals surface area contributed by atoms with Gasteiger partial charge in [-0.3, -0.25) is 4.79 Å². The van der Waals surface area contributed by atoms with Crippen LogP contribution in [-0.4, -0.2) is 78.3 Å². The predicted octanol–water partition coefficient (Wildman–Crippen LogP) is 3.63. The number of hydrogen-bond acceptors (Lipinski definition) is 5. The molecule has 2 aliphatic carbocycles. The highest BCUT2D eigenvalue weighted by atomic mass is 16.5. The van der Waals surface area contributed by atoms with Crippen LogP contribution in [0.3, 0.4) is 0 Å². The van der Waals surface area contributed by atoms with E-state index in [1.165, 1.54) is 19.3 Å². The zero-order valence-corrected chi connectivity index (χ0v) is 22.2. The molecule has 3 atom stereocenters. The molecule has 200 valence electrons. The van der Waals surface area contributed by atoms with Crippen LogP contribution in [0.2, 0.25) is 0 Å². The first-order valence-corrected chi connectivity index (χ1v) is 13.8. The molecule has 1 aromatic rings. The van der Waals surface area contributed by atoms with Gasteiger partial charge < -0.3 is 30.3 Å². The largest absolute Gasteiger partial charge is 0.488 e. The molecule has 0 spiro atoms. The van der Waals surface area contributed by atoms with Crippen molar-refractivity contribution in [1.82, 2.24) is 15.1 Å². The summed E-state index contributed by atoms with van der Waals surface area (Å²) in [5, 5.41) is 15.9. The fourth-order valence-corrected chi connectivity index (χ4v) is 5.45. The topological polar surface area (TPSA) is 94.1 Å². The third-order valence-electron chi connectivity index (χ3n) is 7.87.